The van der Waals surface area contributed by atoms with Crippen LogP contribution in [0.2, 0.25) is 0 Å². The van der Waals surface area contributed by atoms with Gasteiger partial charge in [0.15, 0.2) is 5.79 Å². The SMILES string of the molecule is [SiH3]OCC(CCCl)(OCc1ccccc1)OCc1ccccc1. The van der Waals surface area contributed by atoms with Crippen molar-refractivity contribution < 1.29 is 13.9 Å². The van der Waals surface area contributed by atoms with E-state index >= 15 is 0 Å². The Morgan fingerprint density at radius 3 is 1.70 bits per heavy atom. The van der Waals surface area contributed by atoms with E-state index < -0.39 is 5.79 Å². The zero-order valence-corrected chi connectivity index (χ0v) is 16.2. The van der Waals surface area contributed by atoms with Crippen molar-refractivity contribution >= 4 is 22.1 Å². The molecule has 5 heteroatoms. The number of hydrogen-bond acceptors (Lipinski definition) is 3. The Hall–Kier alpha value is -1.17. The van der Waals surface area contributed by atoms with Gasteiger partial charge >= 0.3 is 0 Å². The summed E-state index contributed by atoms with van der Waals surface area (Å²) in [4.78, 5) is 0. The average Bonchev–Trinajstić information content (AvgIpc) is 2.60. The van der Waals surface area contributed by atoms with E-state index in [-0.39, 0.29) is 0 Å². The van der Waals surface area contributed by atoms with Crippen LogP contribution < -0.4 is 0 Å². The van der Waals surface area contributed by atoms with Gasteiger partial charge in [-0.2, -0.15) is 0 Å². The largest absolute Gasteiger partial charge is 0.422 e. The Morgan fingerprint density at radius 1 is 0.826 bits per heavy atom. The van der Waals surface area contributed by atoms with Gasteiger partial charge in [0.25, 0.3) is 0 Å². The van der Waals surface area contributed by atoms with Gasteiger partial charge in [0.05, 0.1) is 19.8 Å². The zero-order chi connectivity index (χ0) is 16.4. The Kier molecular flexibility index (Phi) is 7.78. The molecule has 0 aliphatic rings. The van der Waals surface area contributed by atoms with E-state index in [1.807, 2.05) is 60.7 Å². The van der Waals surface area contributed by atoms with Crippen molar-refractivity contribution in [3.8, 4) is 0 Å². The molecule has 0 amide bonds. The van der Waals surface area contributed by atoms with E-state index in [0.29, 0.717) is 42.6 Å². The second-order valence-corrected chi connectivity index (χ2v) is 6.29. The molecule has 124 valence electrons. The molecule has 0 atom stereocenters. The van der Waals surface area contributed by atoms with E-state index in [0.717, 1.165) is 11.1 Å². The molecule has 0 saturated heterocycles. The standard InChI is InChI=1S/C18H23ClO3Si/c19-12-11-18(15-22-23,20-13-16-7-3-1-4-8-16)21-14-17-9-5-2-6-10-17/h1-10H,11-15H2,23H3. The van der Waals surface area contributed by atoms with Crippen LogP contribution in [0.1, 0.15) is 17.5 Å². The first-order chi connectivity index (χ1) is 11.3. The molecule has 3 nitrogen and oxygen atoms in total. The Balaban J connectivity index is 2.03. The molecule has 0 aromatic heterocycles. The highest BCUT2D eigenvalue weighted by Crippen LogP contribution is 2.23. The van der Waals surface area contributed by atoms with Crippen molar-refractivity contribution in [1.29, 1.82) is 0 Å². The van der Waals surface area contributed by atoms with Gasteiger partial charge in [-0.3, -0.25) is 0 Å². The minimum absolute atomic E-state index is 0.394. The number of halogens is 1. The van der Waals surface area contributed by atoms with Crippen LogP contribution >= 0.6 is 11.6 Å². The highest BCUT2D eigenvalue weighted by molar-refractivity contribution is 6.17. The lowest BCUT2D eigenvalue weighted by atomic mass is 10.2. The average molecular weight is 351 g/mol. The van der Waals surface area contributed by atoms with E-state index in [1.54, 1.807) is 0 Å². The van der Waals surface area contributed by atoms with E-state index in [2.05, 4.69) is 0 Å². The third-order valence-electron chi connectivity index (χ3n) is 3.53. The van der Waals surface area contributed by atoms with Crippen LogP contribution in [0.3, 0.4) is 0 Å². The van der Waals surface area contributed by atoms with Gasteiger partial charge in [0, 0.05) is 12.3 Å². The van der Waals surface area contributed by atoms with Gasteiger partial charge in [0.2, 0.25) is 0 Å². The molecule has 0 unspecified atom stereocenters. The second-order valence-electron chi connectivity index (χ2n) is 5.33. The lowest BCUT2D eigenvalue weighted by Gasteiger charge is -2.33. The number of ether oxygens (including phenoxy) is 2. The molecule has 0 bridgehead atoms. The van der Waals surface area contributed by atoms with Crippen LogP contribution in [0.25, 0.3) is 0 Å². The summed E-state index contributed by atoms with van der Waals surface area (Å²) in [6.45, 7) is 1.33. The second kappa shape index (κ2) is 9.85. The third kappa shape index (κ3) is 6.09. The minimum atomic E-state index is -0.810. The Morgan fingerprint density at radius 2 is 1.30 bits per heavy atom. The van der Waals surface area contributed by atoms with Crippen LogP contribution in [-0.4, -0.2) is 28.8 Å². The number of benzene rings is 2. The molecule has 0 fully saturated rings. The quantitative estimate of drug-likeness (QED) is 0.374. The summed E-state index contributed by atoms with van der Waals surface area (Å²) in [6.07, 6.45) is 0.580. The van der Waals surface area contributed by atoms with Crippen molar-refractivity contribution in [3.05, 3.63) is 71.8 Å². The van der Waals surface area contributed by atoms with Crippen LogP contribution in [0.5, 0.6) is 0 Å². The lowest BCUT2D eigenvalue weighted by Crippen LogP contribution is -2.41. The van der Waals surface area contributed by atoms with Crippen LogP contribution in [0, 0.1) is 0 Å². The summed E-state index contributed by atoms with van der Waals surface area (Å²) >= 11 is 5.98. The van der Waals surface area contributed by atoms with Crippen molar-refractivity contribution in [2.24, 2.45) is 0 Å². The van der Waals surface area contributed by atoms with Crippen LogP contribution in [0.4, 0.5) is 0 Å². The first-order valence-corrected chi connectivity index (χ1v) is 9.04. The molecular weight excluding hydrogens is 328 g/mol. The van der Waals surface area contributed by atoms with Gasteiger partial charge in [-0.25, -0.2) is 0 Å². The fourth-order valence-corrected chi connectivity index (χ4v) is 3.01. The van der Waals surface area contributed by atoms with E-state index in [9.17, 15) is 0 Å². The molecule has 0 saturated carbocycles. The van der Waals surface area contributed by atoms with Gasteiger partial charge < -0.3 is 13.9 Å². The first-order valence-electron chi connectivity index (χ1n) is 7.69. The number of rotatable bonds is 10. The topological polar surface area (TPSA) is 27.7 Å². The van der Waals surface area contributed by atoms with Crippen molar-refractivity contribution in [2.75, 3.05) is 12.5 Å². The monoisotopic (exact) mass is 350 g/mol. The predicted molar refractivity (Wildman–Crippen MR) is 96.4 cm³/mol. The Bertz CT molecular complexity index is 499. The van der Waals surface area contributed by atoms with Crippen molar-refractivity contribution in [1.82, 2.24) is 0 Å². The summed E-state index contributed by atoms with van der Waals surface area (Å²) in [5.74, 6) is -0.357. The molecule has 2 aromatic carbocycles. The van der Waals surface area contributed by atoms with E-state index in [1.165, 1.54) is 0 Å². The summed E-state index contributed by atoms with van der Waals surface area (Å²) < 4.78 is 17.7. The number of hydrogen-bond donors (Lipinski definition) is 0. The molecule has 0 spiro atoms. The minimum Gasteiger partial charge on any atom is -0.422 e. The summed E-state index contributed by atoms with van der Waals surface area (Å²) in [5.41, 5.74) is 2.20. The Labute approximate surface area is 146 Å². The van der Waals surface area contributed by atoms with Crippen molar-refractivity contribution in [3.63, 3.8) is 0 Å². The molecule has 2 aromatic rings. The fraction of sp³-hybridized carbons (Fsp3) is 0.333. The first kappa shape index (κ1) is 18.2. The maximum atomic E-state index is 6.11. The highest BCUT2D eigenvalue weighted by atomic mass is 35.5. The lowest BCUT2D eigenvalue weighted by molar-refractivity contribution is -0.263. The van der Waals surface area contributed by atoms with Crippen LogP contribution in [-0.2, 0) is 27.1 Å². The molecule has 0 radical (unpaired) electrons. The van der Waals surface area contributed by atoms with Gasteiger partial charge in [-0.15, -0.1) is 11.6 Å². The zero-order valence-electron chi connectivity index (χ0n) is 13.4. The number of alkyl halides is 1. The van der Waals surface area contributed by atoms with Crippen molar-refractivity contribution in [2.45, 2.75) is 25.4 Å². The normalized spacial score (nSPS) is 11.7. The predicted octanol–water partition coefficient (Wildman–Crippen LogP) is 3.04. The van der Waals surface area contributed by atoms with E-state index in [4.69, 9.17) is 25.5 Å². The maximum absolute atomic E-state index is 6.11. The molecule has 0 N–H and O–H groups in total. The molecule has 0 aliphatic heterocycles. The van der Waals surface area contributed by atoms with Crippen LogP contribution in [0.15, 0.2) is 60.7 Å². The summed E-state index contributed by atoms with van der Waals surface area (Å²) in [6, 6.07) is 20.1. The maximum Gasteiger partial charge on any atom is 0.192 e. The summed E-state index contributed by atoms with van der Waals surface area (Å²) in [5, 5.41) is 0. The van der Waals surface area contributed by atoms with Gasteiger partial charge in [-0.05, 0) is 11.1 Å². The molecule has 23 heavy (non-hydrogen) atoms. The smallest absolute Gasteiger partial charge is 0.192 e. The highest BCUT2D eigenvalue weighted by Gasteiger charge is 2.31. The molecule has 0 aliphatic carbocycles. The van der Waals surface area contributed by atoms with Gasteiger partial charge in [-0.1, -0.05) is 60.7 Å². The van der Waals surface area contributed by atoms with Gasteiger partial charge in [0.1, 0.15) is 10.5 Å². The molecule has 2 rings (SSSR count). The fourth-order valence-electron chi connectivity index (χ4n) is 2.28. The third-order valence-corrected chi connectivity index (χ3v) is 4.01. The summed E-state index contributed by atoms with van der Waals surface area (Å²) in [7, 11) is 0.628. The molecular formula is C18H23ClO3Si. The molecule has 0 heterocycles.